The van der Waals surface area contributed by atoms with Gasteiger partial charge in [0.25, 0.3) is 5.91 Å². The molecule has 0 spiro atoms. The number of hydrogen-bond acceptors (Lipinski definition) is 5. The summed E-state index contributed by atoms with van der Waals surface area (Å²) in [6, 6.07) is 12.2. The molecule has 6 nitrogen and oxygen atoms in total. The van der Waals surface area contributed by atoms with Gasteiger partial charge in [-0.15, -0.1) is 0 Å². The fourth-order valence-electron chi connectivity index (χ4n) is 2.20. The van der Waals surface area contributed by atoms with Gasteiger partial charge in [0.05, 0.1) is 0 Å². The maximum Gasteiger partial charge on any atom is 0.344 e. The zero-order chi connectivity index (χ0) is 19.1. The molecule has 0 bridgehead atoms. The normalized spacial score (nSPS) is 10.1. The van der Waals surface area contributed by atoms with E-state index in [0.717, 1.165) is 11.1 Å². The standard InChI is InChI=1S/C20H21NO5/c1-13-7-8-14(2)18(9-13)25-12-20(24)26-11-19(23)21-17-6-4-5-16(10-17)15(3)22/h4-10H,11-12H2,1-3H3,(H,21,23). The van der Waals surface area contributed by atoms with Crippen molar-refractivity contribution in [2.45, 2.75) is 20.8 Å². The van der Waals surface area contributed by atoms with Crippen LogP contribution in [0.3, 0.4) is 0 Å². The molecule has 0 aliphatic carbocycles. The first-order valence-corrected chi connectivity index (χ1v) is 8.11. The number of nitrogens with one attached hydrogen (secondary N) is 1. The maximum absolute atomic E-state index is 11.9. The topological polar surface area (TPSA) is 81.7 Å². The molecule has 0 aliphatic heterocycles. The number of carbonyl (C=O) groups is 3. The summed E-state index contributed by atoms with van der Waals surface area (Å²) in [5, 5.41) is 2.57. The van der Waals surface area contributed by atoms with E-state index in [0.29, 0.717) is 17.0 Å². The molecule has 0 fully saturated rings. The second kappa shape index (κ2) is 8.80. The molecule has 0 atom stereocenters. The van der Waals surface area contributed by atoms with Crippen molar-refractivity contribution in [3.05, 3.63) is 59.2 Å². The Morgan fingerprint density at radius 1 is 1.00 bits per heavy atom. The predicted octanol–water partition coefficient (Wildman–Crippen LogP) is 3.07. The first kappa shape index (κ1) is 19.2. The van der Waals surface area contributed by atoms with Crippen LogP contribution in [-0.4, -0.2) is 30.9 Å². The van der Waals surface area contributed by atoms with Crippen LogP contribution < -0.4 is 10.1 Å². The van der Waals surface area contributed by atoms with E-state index in [-0.39, 0.29) is 12.4 Å². The Hall–Kier alpha value is -3.15. The molecule has 1 amide bonds. The van der Waals surface area contributed by atoms with Gasteiger partial charge in [0.1, 0.15) is 5.75 Å². The van der Waals surface area contributed by atoms with Crippen molar-refractivity contribution in [3.63, 3.8) is 0 Å². The van der Waals surface area contributed by atoms with Crippen molar-refractivity contribution in [1.29, 1.82) is 0 Å². The number of ether oxygens (including phenoxy) is 2. The lowest BCUT2D eigenvalue weighted by Crippen LogP contribution is -2.23. The predicted molar refractivity (Wildman–Crippen MR) is 97.4 cm³/mol. The molecule has 0 aromatic heterocycles. The van der Waals surface area contributed by atoms with Gasteiger partial charge in [0, 0.05) is 11.3 Å². The van der Waals surface area contributed by atoms with Gasteiger partial charge < -0.3 is 14.8 Å². The lowest BCUT2D eigenvalue weighted by atomic mass is 10.1. The van der Waals surface area contributed by atoms with Gasteiger partial charge in [-0.3, -0.25) is 9.59 Å². The number of anilines is 1. The Morgan fingerprint density at radius 3 is 2.50 bits per heavy atom. The summed E-state index contributed by atoms with van der Waals surface area (Å²) < 4.78 is 10.3. The molecule has 136 valence electrons. The highest BCUT2D eigenvalue weighted by Crippen LogP contribution is 2.19. The van der Waals surface area contributed by atoms with Gasteiger partial charge in [-0.05, 0) is 50.1 Å². The van der Waals surface area contributed by atoms with Crippen LogP contribution in [0.5, 0.6) is 5.75 Å². The fraction of sp³-hybridized carbons (Fsp3) is 0.250. The third kappa shape index (κ3) is 5.73. The van der Waals surface area contributed by atoms with Crippen LogP contribution >= 0.6 is 0 Å². The summed E-state index contributed by atoms with van der Waals surface area (Å²) in [6.45, 7) is 4.54. The Kier molecular flexibility index (Phi) is 6.49. The number of aryl methyl sites for hydroxylation is 2. The highest BCUT2D eigenvalue weighted by atomic mass is 16.6. The number of carbonyl (C=O) groups excluding carboxylic acids is 3. The third-order valence-corrected chi connectivity index (χ3v) is 3.61. The summed E-state index contributed by atoms with van der Waals surface area (Å²) in [4.78, 5) is 34.9. The molecule has 6 heteroatoms. The molecule has 0 saturated heterocycles. The zero-order valence-corrected chi connectivity index (χ0v) is 15.0. The average Bonchev–Trinajstić information content (AvgIpc) is 2.61. The third-order valence-electron chi connectivity index (χ3n) is 3.61. The smallest absolute Gasteiger partial charge is 0.344 e. The maximum atomic E-state index is 11.9. The Balaban J connectivity index is 1.80. The van der Waals surface area contributed by atoms with Crippen LogP contribution in [0.15, 0.2) is 42.5 Å². The van der Waals surface area contributed by atoms with E-state index < -0.39 is 18.5 Å². The van der Waals surface area contributed by atoms with Crippen molar-refractivity contribution in [3.8, 4) is 5.75 Å². The average molecular weight is 355 g/mol. The highest BCUT2D eigenvalue weighted by molar-refractivity contribution is 5.97. The minimum atomic E-state index is -0.640. The first-order valence-electron chi connectivity index (χ1n) is 8.11. The molecule has 2 rings (SSSR count). The summed E-state index contributed by atoms with van der Waals surface area (Å²) in [7, 11) is 0. The van der Waals surface area contributed by atoms with E-state index in [1.807, 2.05) is 32.0 Å². The van der Waals surface area contributed by atoms with Crippen LogP contribution in [0, 0.1) is 13.8 Å². The van der Waals surface area contributed by atoms with Crippen molar-refractivity contribution >= 4 is 23.3 Å². The van der Waals surface area contributed by atoms with Gasteiger partial charge >= 0.3 is 5.97 Å². The number of Topliss-reactive ketones (excluding diaryl/α,β-unsaturated/α-hetero) is 1. The summed E-state index contributed by atoms with van der Waals surface area (Å²) in [5.41, 5.74) is 2.88. The van der Waals surface area contributed by atoms with Gasteiger partial charge in [-0.25, -0.2) is 4.79 Å². The zero-order valence-electron chi connectivity index (χ0n) is 15.0. The molecule has 0 radical (unpaired) electrons. The molecule has 2 aromatic carbocycles. The van der Waals surface area contributed by atoms with Crippen LogP contribution in [0.25, 0.3) is 0 Å². The molecule has 0 unspecified atom stereocenters. The van der Waals surface area contributed by atoms with Crippen molar-refractivity contribution in [2.24, 2.45) is 0 Å². The van der Waals surface area contributed by atoms with Crippen molar-refractivity contribution in [1.82, 2.24) is 0 Å². The number of benzene rings is 2. The quantitative estimate of drug-likeness (QED) is 0.610. The highest BCUT2D eigenvalue weighted by Gasteiger charge is 2.10. The SMILES string of the molecule is CC(=O)c1cccc(NC(=O)COC(=O)COc2cc(C)ccc2C)c1. The molecule has 26 heavy (non-hydrogen) atoms. The van der Waals surface area contributed by atoms with E-state index in [1.54, 1.807) is 24.3 Å². The minimum Gasteiger partial charge on any atom is -0.482 e. The van der Waals surface area contributed by atoms with E-state index in [4.69, 9.17) is 9.47 Å². The molecule has 2 aromatic rings. The van der Waals surface area contributed by atoms with Gasteiger partial charge in [-0.1, -0.05) is 24.3 Å². The van der Waals surface area contributed by atoms with E-state index in [1.165, 1.54) is 6.92 Å². The molecular weight excluding hydrogens is 334 g/mol. The van der Waals surface area contributed by atoms with Crippen LogP contribution in [-0.2, 0) is 14.3 Å². The lowest BCUT2D eigenvalue weighted by molar-refractivity contribution is -0.149. The van der Waals surface area contributed by atoms with E-state index >= 15 is 0 Å². The Bertz CT molecular complexity index is 829. The molecular formula is C20H21NO5. The second-order valence-corrected chi connectivity index (χ2v) is 5.90. The van der Waals surface area contributed by atoms with Crippen LogP contribution in [0.4, 0.5) is 5.69 Å². The number of hydrogen-bond donors (Lipinski definition) is 1. The molecule has 0 saturated carbocycles. The second-order valence-electron chi connectivity index (χ2n) is 5.90. The molecule has 0 aliphatic rings. The Morgan fingerprint density at radius 2 is 1.77 bits per heavy atom. The minimum absolute atomic E-state index is 0.101. The monoisotopic (exact) mass is 355 g/mol. The number of esters is 1. The van der Waals surface area contributed by atoms with Crippen LogP contribution in [0.2, 0.25) is 0 Å². The number of rotatable bonds is 7. The van der Waals surface area contributed by atoms with E-state index in [2.05, 4.69) is 5.32 Å². The van der Waals surface area contributed by atoms with Crippen molar-refractivity contribution in [2.75, 3.05) is 18.5 Å². The molecule has 1 N–H and O–H groups in total. The fourth-order valence-corrected chi connectivity index (χ4v) is 2.20. The van der Waals surface area contributed by atoms with Gasteiger partial charge in [0.15, 0.2) is 19.0 Å². The van der Waals surface area contributed by atoms with Gasteiger partial charge in [0.2, 0.25) is 0 Å². The molecule has 0 heterocycles. The summed E-state index contributed by atoms with van der Waals surface area (Å²) >= 11 is 0. The summed E-state index contributed by atoms with van der Waals surface area (Å²) in [6.07, 6.45) is 0. The first-order chi connectivity index (χ1) is 12.3. The lowest BCUT2D eigenvalue weighted by Gasteiger charge is -2.10. The largest absolute Gasteiger partial charge is 0.482 e. The van der Waals surface area contributed by atoms with E-state index in [9.17, 15) is 14.4 Å². The van der Waals surface area contributed by atoms with Crippen molar-refractivity contribution < 1.29 is 23.9 Å². The van der Waals surface area contributed by atoms with Crippen LogP contribution in [0.1, 0.15) is 28.4 Å². The summed E-state index contributed by atoms with van der Waals surface area (Å²) in [5.74, 6) is -0.632. The Labute approximate surface area is 152 Å². The number of ketones is 1. The van der Waals surface area contributed by atoms with Gasteiger partial charge in [-0.2, -0.15) is 0 Å². The number of amides is 1.